The van der Waals surface area contributed by atoms with Gasteiger partial charge in [0.05, 0.1) is 5.69 Å². The molecule has 2 nitrogen and oxygen atoms in total. The predicted molar refractivity (Wildman–Crippen MR) is 73.5 cm³/mol. The number of hydrogen-bond acceptors (Lipinski definition) is 2. The Balaban J connectivity index is 2.23. The number of nitrogens with zero attached hydrogens (tertiary/aromatic N) is 1. The molecule has 2 aromatic rings. The third kappa shape index (κ3) is 2.77. The summed E-state index contributed by atoms with van der Waals surface area (Å²) in [6.07, 6.45) is 3.30. The summed E-state index contributed by atoms with van der Waals surface area (Å²) in [5.74, 6) is 0. The van der Waals surface area contributed by atoms with E-state index < -0.39 is 6.10 Å². The molecule has 0 amide bonds. The van der Waals surface area contributed by atoms with Crippen molar-refractivity contribution in [2.45, 2.75) is 32.8 Å². The van der Waals surface area contributed by atoms with Gasteiger partial charge in [-0.15, -0.1) is 0 Å². The van der Waals surface area contributed by atoms with Crippen LogP contribution in [0.4, 0.5) is 0 Å². The molecule has 0 aliphatic carbocycles. The molecule has 0 saturated carbocycles. The van der Waals surface area contributed by atoms with Gasteiger partial charge in [-0.2, -0.15) is 0 Å². The van der Waals surface area contributed by atoms with Crippen LogP contribution >= 0.6 is 0 Å². The minimum atomic E-state index is -0.637. The lowest BCUT2D eigenvalue weighted by Crippen LogP contribution is -2.04. The second-order valence-electron chi connectivity index (χ2n) is 4.60. The Hall–Kier alpha value is -1.67. The number of pyridine rings is 1. The highest BCUT2D eigenvalue weighted by atomic mass is 16.3. The van der Waals surface area contributed by atoms with Crippen molar-refractivity contribution in [2.75, 3.05) is 0 Å². The van der Waals surface area contributed by atoms with Gasteiger partial charge in [-0.3, -0.25) is 4.98 Å². The fraction of sp³-hybridized carbons (Fsp3) is 0.312. The molecule has 0 saturated heterocycles. The number of aromatic nitrogens is 1. The van der Waals surface area contributed by atoms with E-state index in [-0.39, 0.29) is 0 Å². The molecular formula is C16H19NO. The zero-order chi connectivity index (χ0) is 13.0. The Morgan fingerprint density at radius 2 is 1.89 bits per heavy atom. The number of aliphatic hydroxyl groups excluding tert-OH is 1. The Labute approximate surface area is 108 Å². The fourth-order valence-corrected chi connectivity index (χ4v) is 2.10. The Morgan fingerprint density at radius 1 is 1.17 bits per heavy atom. The van der Waals surface area contributed by atoms with Crippen LogP contribution in [-0.4, -0.2) is 10.1 Å². The van der Waals surface area contributed by atoms with Gasteiger partial charge < -0.3 is 5.11 Å². The molecule has 2 heteroatoms. The first-order chi connectivity index (χ1) is 8.72. The highest BCUT2D eigenvalue weighted by molar-refractivity contribution is 5.32. The summed E-state index contributed by atoms with van der Waals surface area (Å²) >= 11 is 0. The molecule has 94 valence electrons. The van der Waals surface area contributed by atoms with Crippen molar-refractivity contribution in [2.24, 2.45) is 0 Å². The minimum Gasteiger partial charge on any atom is -0.382 e. The number of hydrogen-bond donors (Lipinski definition) is 1. The van der Waals surface area contributed by atoms with E-state index in [1.807, 2.05) is 31.2 Å². The van der Waals surface area contributed by atoms with Gasteiger partial charge in [0.25, 0.3) is 0 Å². The van der Waals surface area contributed by atoms with E-state index in [4.69, 9.17) is 0 Å². The van der Waals surface area contributed by atoms with Gasteiger partial charge in [-0.1, -0.05) is 43.7 Å². The molecule has 0 bridgehead atoms. The number of benzene rings is 1. The second kappa shape index (κ2) is 5.78. The molecule has 1 aromatic heterocycles. The van der Waals surface area contributed by atoms with Crippen LogP contribution in [0.15, 0.2) is 42.6 Å². The molecule has 1 atom stereocenters. The average Bonchev–Trinajstić information content (AvgIpc) is 2.40. The van der Waals surface area contributed by atoms with Crippen molar-refractivity contribution in [3.05, 3.63) is 65.0 Å². The molecule has 0 aliphatic heterocycles. The van der Waals surface area contributed by atoms with Crippen molar-refractivity contribution in [1.82, 2.24) is 4.98 Å². The predicted octanol–water partition coefficient (Wildman–Crippen LogP) is 3.42. The first kappa shape index (κ1) is 12.8. The number of rotatable bonds is 4. The molecule has 0 aliphatic rings. The van der Waals surface area contributed by atoms with Crippen molar-refractivity contribution >= 4 is 0 Å². The summed E-state index contributed by atoms with van der Waals surface area (Å²) in [6, 6.07) is 12.0. The molecule has 1 unspecified atom stereocenters. The maximum Gasteiger partial charge on any atom is 0.121 e. The van der Waals surface area contributed by atoms with E-state index >= 15 is 0 Å². The van der Waals surface area contributed by atoms with Gasteiger partial charge in [0.1, 0.15) is 6.10 Å². The molecule has 0 fully saturated rings. The van der Waals surface area contributed by atoms with E-state index in [2.05, 4.69) is 24.0 Å². The van der Waals surface area contributed by atoms with E-state index in [9.17, 15) is 5.11 Å². The zero-order valence-electron chi connectivity index (χ0n) is 10.9. The van der Waals surface area contributed by atoms with Crippen LogP contribution in [0, 0.1) is 6.92 Å². The lowest BCUT2D eigenvalue weighted by Gasteiger charge is -2.13. The summed E-state index contributed by atoms with van der Waals surface area (Å²) in [6.45, 7) is 4.14. The van der Waals surface area contributed by atoms with Gasteiger partial charge >= 0.3 is 0 Å². The minimum absolute atomic E-state index is 0.637. The van der Waals surface area contributed by atoms with Gasteiger partial charge in [0.2, 0.25) is 0 Å². The quantitative estimate of drug-likeness (QED) is 0.889. The first-order valence-electron chi connectivity index (χ1n) is 6.40. The van der Waals surface area contributed by atoms with Crippen LogP contribution in [0.2, 0.25) is 0 Å². The summed E-state index contributed by atoms with van der Waals surface area (Å²) < 4.78 is 0. The van der Waals surface area contributed by atoms with Crippen LogP contribution in [0.3, 0.4) is 0 Å². The van der Waals surface area contributed by atoms with Crippen LogP contribution < -0.4 is 0 Å². The third-order valence-electron chi connectivity index (χ3n) is 3.14. The monoisotopic (exact) mass is 241 g/mol. The van der Waals surface area contributed by atoms with Crippen molar-refractivity contribution in [3.8, 4) is 0 Å². The van der Waals surface area contributed by atoms with Crippen molar-refractivity contribution in [1.29, 1.82) is 0 Å². The maximum atomic E-state index is 10.3. The summed E-state index contributed by atoms with van der Waals surface area (Å²) in [5.41, 5.74) is 3.96. The largest absolute Gasteiger partial charge is 0.382 e. The lowest BCUT2D eigenvalue weighted by molar-refractivity contribution is 0.214. The van der Waals surface area contributed by atoms with Gasteiger partial charge in [0.15, 0.2) is 0 Å². The molecule has 1 heterocycles. The smallest absolute Gasteiger partial charge is 0.121 e. The number of aryl methyl sites for hydroxylation is 2. The molecule has 0 spiro atoms. The second-order valence-corrected chi connectivity index (χ2v) is 4.60. The summed E-state index contributed by atoms with van der Waals surface area (Å²) in [5, 5.41) is 10.3. The van der Waals surface area contributed by atoms with E-state index in [1.54, 1.807) is 6.20 Å². The van der Waals surface area contributed by atoms with Gasteiger partial charge in [-0.05, 0) is 36.1 Å². The van der Waals surface area contributed by atoms with E-state index in [0.29, 0.717) is 0 Å². The molecule has 2 rings (SSSR count). The molecule has 1 aromatic carbocycles. The average molecular weight is 241 g/mol. The Bertz CT molecular complexity index is 505. The van der Waals surface area contributed by atoms with Crippen LogP contribution in [0.25, 0.3) is 0 Å². The first-order valence-corrected chi connectivity index (χ1v) is 6.40. The van der Waals surface area contributed by atoms with Gasteiger partial charge in [-0.25, -0.2) is 0 Å². The topological polar surface area (TPSA) is 33.1 Å². The van der Waals surface area contributed by atoms with Crippen molar-refractivity contribution < 1.29 is 5.11 Å². The van der Waals surface area contributed by atoms with Crippen molar-refractivity contribution in [3.63, 3.8) is 0 Å². The molecule has 18 heavy (non-hydrogen) atoms. The van der Waals surface area contributed by atoms with Crippen LogP contribution in [0.5, 0.6) is 0 Å². The SMILES string of the molecule is CCCc1ccc(C(O)c2ncccc2C)cc1. The lowest BCUT2D eigenvalue weighted by atomic mass is 10.0. The van der Waals surface area contributed by atoms with Crippen LogP contribution in [0.1, 0.15) is 41.8 Å². The Kier molecular flexibility index (Phi) is 4.11. The van der Waals surface area contributed by atoms with Crippen LogP contribution in [-0.2, 0) is 6.42 Å². The highest BCUT2D eigenvalue weighted by Gasteiger charge is 2.13. The number of aliphatic hydroxyl groups is 1. The highest BCUT2D eigenvalue weighted by Crippen LogP contribution is 2.23. The summed E-state index contributed by atoms with van der Waals surface area (Å²) in [7, 11) is 0. The molecular weight excluding hydrogens is 222 g/mol. The standard InChI is InChI=1S/C16H19NO/c1-3-5-13-7-9-14(10-8-13)16(18)15-12(2)6-4-11-17-15/h4,6-11,16,18H,3,5H2,1-2H3. The Morgan fingerprint density at radius 3 is 2.50 bits per heavy atom. The zero-order valence-corrected chi connectivity index (χ0v) is 10.9. The summed E-state index contributed by atoms with van der Waals surface area (Å²) in [4.78, 5) is 4.26. The third-order valence-corrected chi connectivity index (χ3v) is 3.14. The molecule has 0 radical (unpaired) electrons. The maximum absolute atomic E-state index is 10.3. The normalized spacial score (nSPS) is 12.4. The molecule has 1 N–H and O–H groups in total. The van der Waals surface area contributed by atoms with Gasteiger partial charge in [0, 0.05) is 6.20 Å². The van der Waals surface area contributed by atoms with E-state index in [0.717, 1.165) is 29.7 Å². The fourth-order valence-electron chi connectivity index (χ4n) is 2.10. The van der Waals surface area contributed by atoms with E-state index in [1.165, 1.54) is 5.56 Å².